The quantitative estimate of drug-likeness (QED) is 0.863. The molecule has 1 saturated heterocycles. The van der Waals surface area contributed by atoms with Gasteiger partial charge in [-0.25, -0.2) is 0 Å². The minimum Gasteiger partial charge on any atom is -0.480 e. The van der Waals surface area contributed by atoms with Crippen molar-refractivity contribution in [3.8, 4) is 0 Å². The van der Waals surface area contributed by atoms with Crippen molar-refractivity contribution in [1.82, 2.24) is 4.90 Å². The van der Waals surface area contributed by atoms with Gasteiger partial charge in [-0.2, -0.15) is 0 Å². The fourth-order valence-electron chi connectivity index (χ4n) is 1.97. The first kappa shape index (κ1) is 12.0. The Morgan fingerprint density at radius 1 is 1.41 bits per heavy atom. The summed E-state index contributed by atoms with van der Waals surface area (Å²) in [6.07, 6.45) is 0. The van der Waals surface area contributed by atoms with E-state index in [1.54, 1.807) is 7.05 Å². The molecule has 2 atom stereocenters. The standard InChI is InChI=1S/C12H13NO3S/c1-13-9(14)7-17-11(12(15)16)10(13)8-5-3-2-4-6-8/h2-6,10-11H,7H2,1H3,(H,15,16)/t10-,11+/m1/s1. The number of nitrogens with zero attached hydrogens (tertiary/aromatic N) is 1. The molecule has 0 spiro atoms. The Labute approximate surface area is 104 Å². The number of carboxylic acids is 1. The van der Waals surface area contributed by atoms with Crippen LogP contribution in [0.1, 0.15) is 11.6 Å². The van der Waals surface area contributed by atoms with E-state index in [0.29, 0.717) is 0 Å². The minimum atomic E-state index is -0.872. The zero-order valence-corrected chi connectivity index (χ0v) is 10.2. The van der Waals surface area contributed by atoms with Crippen LogP contribution in [0.15, 0.2) is 30.3 Å². The summed E-state index contributed by atoms with van der Waals surface area (Å²) >= 11 is 1.20. The SMILES string of the molecule is CN1C(=O)CS[C@H](C(=O)O)[C@H]1c1ccccc1. The van der Waals surface area contributed by atoms with Crippen LogP contribution in [0.4, 0.5) is 0 Å². The average Bonchev–Trinajstić information content (AvgIpc) is 2.33. The summed E-state index contributed by atoms with van der Waals surface area (Å²) in [4.78, 5) is 24.4. The molecule has 0 unspecified atom stereocenters. The van der Waals surface area contributed by atoms with Gasteiger partial charge in [0.05, 0.1) is 11.8 Å². The van der Waals surface area contributed by atoms with Crippen LogP contribution >= 0.6 is 11.8 Å². The highest BCUT2D eigenvalue weighted by Crippen LogP contribution is 2.35. The fraction of sp³-hybridized carbons (Fsp3) is 0.333. The summed E-state index contributed by atoms with van der Waals surface area (Å²) < 4.78 is 0. The van der Waals surface area contributed by atoms with Crippen molar-refractivity contribution in [2.24, 2.45) is 0 Å². The van der Waals surface area contributed by atoms with Crippen molar-refractivity contribution in [3.05, 3.63) is 35.9 Å². The normalized spacial score (nSPS) is 24.8. The molecule has 1 aromatic rings. The molecule has 17 heavy (non-hydrogen) atoms. The zero-order chi connectivity index (χ0) is 12.4. The molecule has 90 valence electrons. The van der Waals surface area contributed by atoms with Gasteiger partial charge >= 0.3 is 5.97 Å². The van der Waals surface area contributed by atoms with Crippen LogP contribution in [-0.2, 0) is 9.59 Å². The van der Waals surface area contributed by atoms with E-state index in [2.05, 4.69) is 0 Å². The monoisotopic (exact) mass is 251 g/mol. The molecule has 1 fully saturated rings. The lowest BCUT2D eigenvalue weighted by Crippen LogP contribution is -2.45. The summed E-state index contributed by atoms with van der Waals surface area (Å²) in [5.74, 6) is -0.666. The molecule has 0 radical (unpaired) electrons. The Hall–Kier alpha value is -1.49. The lowest BCUT2D eigenvalue weighted by molar-refractivity contribution is -0.139. The van der Waals surface area contributed by atoms with Gasteiger partial charge in [-0.05, 0) is 5.56 Å². The van der Waals surface area contributed by atoms with Gasteiger partial charge in [0.15, 0.2) is 0 Å². The molecule has 0 aromatic heterocycles. The number of hydrogen-bond acceptors (Lipinski definition) is 3. The first-order chi connectivity index (χ1) is 8.11. The Bertz CT molecular complexity index is 435. The van der Waals surface area contributed by atoms with E-state index in [0.717, 1.165) is 5.56 Å². The van der Waals surface area contributed by atoms with Gasteiger partial charge in [0.1, 0.15) is 5.25 Å². The largest absolute Gasteiger partial charge is 0.480 e. The van der Waals surface area contributed by atoms with Crippen molar-refractivity contribution in [1.29, 1.82) is 0 Å². The highest BCUT2D eigenvalue weighted by atomic mass is 32.2. The number of rotatable bonds is 2. The maximum absolute atomic E-state index is 11.7. The maximum atomic E-state index is 11.7. The molecule has 1 aromatic carbocycles. The molecule has 0 bridgehead atoms. The molecular formula is C12H13NO3S. The Morgan fingerprint density at radius 3 is 2.65 bits per heavy atom. The van der Waals surface area contributed by atoms with Crippen molar-refractivity contribution in [2.75, 3.05) is 12.8 Å². The molecule has 1 aliphatic heterocycles. The number of thioether (sulfide) groups is 1. The number of hydrogen-bond donors (Lipinski definition) is 1. The molecule has 1 heterocycles. The molecule has 1 amide bonds. The van der Waals surface area contributed by atoms with Gasteiger partial charge in [-0.15, -0.1) is 11.8 Å². The van der Waals surface area contributed by atoms with Crippen LogP contribution in [0.3, 0.4) is 0 Å². The van der Waals surface area contributed by atoms with Crippen molar-refractivity contribution in [3.63, 3.8) is 0 Å². The van der Waals surface area contributed by atoms with Crippen molar-refractivity contribution >= 4 is 23.6 Å². The van der Waals surface area contributed by atoms with E-state index in [4.69, 9.17) is 0 Å². The number of amides is 1. The molecule has 2 rings (SSSR count). The molecule has 0 saturated carbocycles. The van der Waals surface area contributed by atoms with Crippen LogP contribution in [-0.4, -0.2) is 39.9 Å². The van der Waals surface area contributed by atoms with E-state index in [-0.39, 0.29) is 17.7 Å². The van der Waals surface area contributed by atoms with Gasteiger partial charge in [0.2, 0.25) is 5.91 Å². The second kappa shape index (κ2) is 4.79. The predicted molar refractivity (Wildman–Crippen MR) is 65.8 cm³/mol. The molecule has 1 N–H and O–H groups in total. The van der Waals surface area contributed by atoms with Crippen molar-refractivity contribution in [2.45, 2.75) is 11.3 Å². The van der Waals surface area contributed by atoms with E-state index in [1.807, 2.05) is 30.3 Å². The van der Waals surface area contributed by atoms with Crippen LogP contribution in [0.25, 0.3) is 0 Å². The minimum absolute atomic E-state index is 0.0265. The Morgan fingerprint density at radius 2 is 2.06 bits per heavy atom. The average molecular weight is 251 g/mol. The fourth-order valence-corrected chi connectivity index (χ4v) is 3.16. The van der Waals surface area contributed by atoms with Gasteiger partial charge < -0.3 is 10.0 Å². The van der Waals surface area contributed by atoms with Gasteiger partial charge in [0.25, 0.3) is 0 Å². The summed E-state index contributed by atoms with van der Waals surface area (Å²) in [6.45, 7) is 0. The smallest absolute Gasteiger partial charge is 0.319 e. The van der Waals surface area contributed by atoms with Crippen LogP contribution in [0, 0.1) is 0 Å². The summed E-state index contributed by atoms with van der Waals surface area (Å²) in [7, 11) is 1.66. The van der Waals surface area contributed by atoms with Crippen molar-refractivity contribution < 1.29 is 14.7 Å². The predicted octanol–water partition coefficient (Wildman–Crippen LogP) is 1.39. The number of carboxylic acid groups (broad SMARTS) is 1. The van der Waals surface area contributed by atoms with Gasteiger partial charge in [-0.3, -0.25) is 9.59 Å². The molecule has 1 aliphatic rings. The number of carbonyl (C=O) groups excluding carboxylic acids is 1. The third-order valence-corrected chi connectivity index (χ3v) is 4.10. The lowest BCUT2D eigenvalue weighted by atomic mass is 10.0. The highest BCUT2D eigenvalue weighted by Gasteiger charge is 2.39. The Balaban J connectivity index is 2.37. The van der Waals surface area contributed by atoms with Gasteiger partial charge in [-0.1, -0.05) is 30.3 Å². The van der Waals surface area contributed by atoms with E-state index >= 15 is 0 Å². The molecule has 0 aliphatic carbocycles. The van der Waals surface area contributed by atoms with Crippen LogP contribution in [0.5, 0.6) is 0 Å². The third-order valence-electron chi connectivity index (χ3n) is 2.87. The summed E-state index contributed by atoms with van der Waals surface area (Å²) in [5.41, 5.74) is 0.864. The zero-order valence-electron chi connectivity index (χ0n) is 9.37. The van der Waals surface area contributed by atoms with Crippen LogP contribution in [0.2, 0.25) is 0 Å². The molecule has 5 heteroatoms. The number of benzene rings is 1. The number of aliphatic carboxylic acids is 1. The summed E-state index contributed by atoms with van der Waals surface area (Å²) in [6, 6.07) is 8.90. The summed E-state index contributed by atoms with van der Waals surface area (Å²) in [5, 5.41) is 8.62. The Kier molecular flexibility index (Phi) is 3.38. The highest BCUT2D eigenvalue weighted by molar-refractivity contribution is 8.01. The third kappa shape index (κ3) is 2.29. The van der Waals surface area contributed by atoms with E-state index in [9.17, 15) is 14.7 Å². The topological polar surface area (TPSA) is 57.6 Å². The van der Waals surface area contributed by atoms with E-state index < -0.39 is 11.2 Å². The molecule has 4 nitrogen and oxygen atoms in total. The second-order valence-electron chi connectivity index (χ2n) is 3.93. The van der Waals surface area contributed by atoms with Crippen LogP contribution < -0.4 is 0 Å². The first-order valence-corrected chi connectivity index (χ1v) is 6.31. The number of carbonyl (C=O) groups is 2. The second-order valence-corrected chi connectivity index (χ2v) is 5.06. The van der Waals surface area contributed by atoms with Gasteiger partial charge in [0, 0.05) is 7.05 Å². The maximum Gasteiger partial charge on any atom is 0.319 e. The van der Waals surface area contributed by atoms with E-state index in [1.165, 1.54) is 16.7 Å². The lowest BCUT2D eigenvalue weighted by Gasteiger charge is -2.36. The molecular weight excluding hydrogens is 238 g/mol. The first-order valence-electron chi connectivity index (χ1n) is 5.26.